The largest absolute Gasteiger partial charge is 0.493 e. The predicted molar refractivity (Wildman–Crippen MR) is 143 cm³/mol. The lowest BCUT2D eigenvalue weighted by Gasteiger charge is -2.09. The lowest BCUT2D eigenvalue weighted by Crippen LogP contribution is -2.23. The summed E-state index contributed by atoms with van der Waals surface area (Å²) in [5, 5.41) is 5.36. The maximum atomic E-state index is 12.9. The summed E-state index contributed by atoms with van der Waals surface area (Å²) in [7, 11) is 1.59. The fourth-order valence-electron chi connectivity index (χ4n) is 3.55. The predicted octanol–water partition coefficient (Wildman–Crippen LogP) is 5.84. The number of methoxy groups -OCH3 is 1. The van der Waals surface area contributed by atoms with Crippen molar-refractivity contribution in [3.05, 3.63) is 90.6 Å². The summed E-state index contributed by atoms with van der Waals surface area (Å²) in [4.78, 5) is 17.8. The Bertz CT molecular complexity index is 1700. The molecule has 7 nitrogen and oxygen atoms in total. The van der Waals surface area contributed by atoms with Gasteiger partial charge in [0.2, 0.25) is 4.96 Å². The number of thiazole rings is 1. The summed E-state index contributed by atoms with van der Waals surface area (Å²) in [6.07, 6.45) is 5.26. The molecule has 3 aromatic heterocycles. The molecule has 0 radical (unpaired) electrons. The first kappa shape index (κ1) is 24.1. The third kappa shape index (κ3) is 4.88. The molecule has 0 aliphatic carbocycles. The fourth-order valence-corrected chi connectivity index (χ4v) is 4.94. The molecule has 0 unspecified atom stereocenters. The Hall–Kier alpha value is -3.59. The molecule has 10 heteroatoms. The van der Waals surface area contributed by atoms with Crippen LogP contribution in [0.5, 0.6) is 11.5 Å². The topological polar surface area (TPSA) is 78.9 Å². The van der Waals surface area contributed by atoms with Crippen LogP contribution in [0.1, 0.15) is 24.1 Å². The van der Waals surface area contributed by atoms with Gasteiger partial charge in [-0.2, -0.15) is 9.50 Å². The van der Waals surface area contributed by atoms with Gasteiger partial charge in [-0.3, -0.25) is 4.79 Å². The van der Waals surface area contributed by atoms with Gasteiger partial charge in [-0.25, -0.2) is 0 Å². The van der Waals surface area contributed by atoms with Crippen molar-refractivity contribution in [3.63, 3.8) is 0 Å². The van der Waals surface area contributed by atoms with E-state index >= 15 is 0 Å². The minimum atomic E-state index is -0.271. The maximum Gasteiger partial charge on any atom is 0.291 e. The van der Waals surface area contributed by atoms with Crippen LogP contribution in [0.4, 0.5) is 0 Å². The van der Waals surface area contributed by atoms with Gasteiger partial charge in [-0.05, 0) is 61.0 Å². The number of hydrogen-bond acceptors (Lipinski definition) is 7. The first-order valence-corrected chi connectivity index (χ1v) is 12.5. The molecule has 0 N–H and O–H groups in total. The molecule has 0 aliphatic heterocycles. The van der Waals surface area contributed by atoms with Crippen molar-refractivity contribution in [2.75, 3.05) is 13.7 Å². The highest BCUT2D eigenvalue weighted by molar-refractivity contribution is 7.15. The van der Waals surface area contributed by atoms with Crippen molar-refractivity contribution in [1.29, 1.82) is 0 Å². The second-order valence-electron chi connectivity index (χ2n) is 7.58. The first-order chi connectivity index (χ1) is 17.4. The lowest BCUT2D eigenvalue weighted by molar-refractivity contribution is 0.311. The van der Waals surface area contributed by atoms with Gasteiger partial charge in [0.1, 0.15) is 16.1 Å². The molecule has 2 aromatic carbocycles. The van der Waals surface area contributed by atoms with E-state index in [1.807, 2.05) is 31.2 Å². The molecule has 0 aliphatic rings. The van der Waals surface area contributed by atoms with E-state index in [9.17, 15) is 4.79 Å². The van der Waals surface area contributed by atoms with Gasteiger partial charge in [0.05, 0.1) is 18.7 Å². The number of aromatic nitrogens is 3. The van der Waals surface area contributed by atoms with Gasteiger partial charge in [0, 0.05) is 16.7 Å². The van der Waals surface area contributed by atoms with Gasteiger partial charge in [-0.1, -0.05) is 46.7 Å². The van der Waals surface area contributed by atoms with E-state index in [0.29, 0.717) is 60.6 Å². The normalized spacial score (nSPS) is 12.2. The molecule has 0 amide bonds. The maximum absolute atomic E-state index is 12.9. The van der Waals surface area contributed by atoms with Gasteiger partial charge < -0.3 is 13.9 Å². The van der Waals surface area contributed by atoms with Gasteiger partial charge in [-0.15, -0.1) is 5.10 Å². The van der Waals surface area contributed by atoms with Crippen LogP contribution in [0, 0.1) is 0 Å². The number of furan rings is 1. The minimum Gasteiger partial charge on any atom is -0.493 e. The Kier molecular flexibility index (Phi) is 6.82. The number of benzene rings is 2. The van der Waals surface area contributed by atoms with Crippen molar-refractivity contribution in [1.82, 2.24) is 14.6 Å². The number of nitrogens with zero attached hydrogens (tertiary/aromatic N) is 3. The van der Waals surface area contributed by atoms with E-state index in [-0.39, 0.29) is 5.56 Å². The van der Waals surface area contributed by atoms with Crippen molar-refractivity contribution >= 4 is 57.7 Å². The van der Waals surface area contributed by atoms with Crippen LogP contribution in [0.3, 0.4) is 0 Å². The SMILES string of the molecule is CCOc1ccc(/C=C/c2nc3s/c(=C\c4ccc(-c5ccc(Cl)cc5Cl)o4)c(=O)n3n2)cc1OC. The van der Waals surface area contributed by atoms with Crippen molar-refractivity contribution < 1.29 is 13.9 Å². The zero-order valence-corrected chi connectivity index (χ0v) is 21.5. The summed E-state index contributed by atoms with van der Waals surface area (Å²) in [6.45, 7) is 2.47. The molecule has 36 heavy (non-hydrogen) atoms. The highest BCUT2D eigenvalue weighted by atomic mass is 35.5. The first-order valence-electron chi connectivity index (χ1n) is 10.9. The molecular formula is C26H19Cl2N3O4S. The highest BCUT2D eigenvalue weighted by Gasteiger charge is 2.12. The molecule has 0 fully saturated rings. The van der Waals surface area contributed by atoms with Crippen molar-refractivity contribution in [3.8, 4) is 22.8 Å². The van der Waals surface area contributed by atoms with Gasteiger partial charge >= 0.3 is 0 Å². The summed E-state index contributed by atoms with van der Waals surface area (Å²) >= 11 is 13.5. The van der Waals surface area contributed by atoms with Crippen LogP contribution in [0.2, 0.25) is 10.0 Å². The number of hydrogen-bond donors (Lipinski definition) is 0. The van der Waals surface area contributed by atoms with E-state index in [0.717, 1.165) is 5.56 Å². The Morgan fingerprint density at radius 3 is 2.69 bits per heavy atom. The molecule has 0 bridgehead atoms. The number of ether oxygens (including phenoxy) is 2. The summed E-state index contributed by atoms with van der Waals surface area (Å²) < 4.78 is 18.6. The minimum absolute atomic E-state index is 0.271. The van der Waals surface area contributed by atoms with Gasteiger partial charge in [0.15, 0.2) is 17.3 Å². The van der Waals surface area contributed by atoms with E-state index in [4.69, 9.17) is 37.1 Å². The molecule has 0 atom stereocenters. The molecule has 3 heterocycles. The second kappa shape index (κ2) is 10.2. The Morgan fingerprint density at radius 2 is 1.94 bits per heavy atom. The van der Waals surface area contributed by atoms with Crippen LogP contribution in [-0.4, -0.2) is 28.3 Å². The quantitative estimate of drug-likeness (QED) is 0.258. The van der Waals surface area contributed by atoms with Gasteiger partial charge in [0.25, 0.3) is 5.56 Å². The average Bonchev–Trinajstić information content (AvgIpc) is 3.56. The summed E-state index contributed by atoms with van der Waals surface area (Å²) in [5.74, 6) is 2.84. The molecule has 182 valence electrons. The second-order valence-corrected chi connectivity index (χ2v) is 9.44. The standard InChI is InChI=1S/C26H19Cl2N3O4S/c1-3-34-21-9-4-15(12-22(21)33-2)5-11-24-29-26-31(30-24)25(32)23(36-26)14-17-7-10-20(35-17)18-8-6-16(27)13-19(18)28/h4-14H,3H2,1-2H3/b11-5+,23-14-. The van der Waals surface area contributed by atoms with Crippen molar-refractivity contribution in [2.24, 2.45) is 0 Å². The average molecular weight is 540 g/mol. The van der Waals surface area contributed by atoms with Crippen LogP contribution < -0.4 is 19.6 Å². The zero-order valence-electron chi connectivity index (χ0n) is 19.2. The zero-order chi connectivity index (χ0) is 25.2. The van der Waals surface area contributed by atoms with Crippen LogP contribution in [0.15, 0.2) is 57.7 Å². The molecular weight excluding hydrogens is 521 g/mol. The number of halogens is 2. The third-order valence-electron chi connectivity index (χ3n) is 5.21. The summed E-state index contributed by atoms with van der Waals surface area (Å²) in [6, 6.07) is 14.4. The molecule has 0 saturated heterocycles. The van der Waals surface area contributed by atoms with Crippen molar-refractivity contribution in [2.45, 2.75) is 6.92 Å². The number of rotatable bonds is 7. The molecule has 5 aromatic rings. The Labute approximate surface area is 219 Å². The number of fused-ring (bicyclic) bond motifs is 1. The Morgan fingerprint density at radius 1 is 1.08 bits per heavy atom. The lowest BCUT2D eigenvalue weighted by atomic mass is 10.2. The highest BCUT2D eigenvalue weighted by Crippen LogP contribution is 2.32. The van der Waals surface area contributed by atoms with E-state index < -0.39 is 0 Å². The third-order valence-corrected chi connectivity index (χ3v) is 6.71. The van der Waals surface area contributed by atoms with E-state index in [1.54, 1.807) is 49.6 Å². The Balaban J connectivity index is 1.39. The van der Waals surface area contributed by atoms with Crippen LogP contribution in [-0.2, 0) is 0 Å². The fraction of sp³-hybridized carbons (Fsp3) is 0.115. The molecule has 0 spiro atoms. The van der Waals surface area contributed by atoms with Crippen LogP contribution in [0.25, 0.3) is 34.5 Å². The van der Waals surface area contributed by atoms with E-state index in [1.165, 1.54) is 15.9 Å². The molecule has 0 saturated carbocycles. The smallest absolute Gasteiger partial charge is 0.291 e. The van der Waals surface area contributed by atoms with Crippen LogP contribution >= 0.6 is 34.5 Å². The summed E-state index contributed by atoms with van der Waals surface area (Å²) in [5.41, 5.74) is 1.33. The monoisotopic (exact) mass is 539 g/mol. The molecule has 5 rings (SSSR count). The van der Waals surface area contributed by atoms with E-state index in [2.05, 4.69) is 10.1 Å².